The maximum atomic E-state index is 4.22. The molecule has 1 saturated carbocycles. The molecule has 0 radical (unpaired) electrons. The topological polar surface area (TPSA) is 40.7 Å². The monoisotopic (exact) mass is 207 g/mol. The van der Waals surface area contributed by atoms with Gasteiger partial charge in [-0.3, -0.25) is 5.10 Å². The van der Waals surface area contributed by atoms with Gasteiger partial charge in [-0.1, -0.05) is 20.3 Å². The van der Waals surface area contributed by atoms with Crippen LogP contribution in [0.5, 0.6) is 0 Å². The van der Waals surface area contributed by atoms with Crippen LogP contribution in [0, 0.1) is 19.3 Å². The zero-order valence-corrected chi connectivity index (χ0v) is 10.1. The van der Waals surface area contributed by atoms with Crippen molar-refractivity contribution in [3.63, 3.8) is 0 Å². The Hall–Kier alpha value is -0.990. The van der Waals surface area contributed by atoms with E-state index in [2.05, 4.69) is 36.3 Å². The molecule has 1 aliphatic rings. The molecule has 1 heterocycles. The average Bonchev–Trinajstić information content (AvgIpc) is 2.63. The highest BCUT2D eigenvalue weighted by Gasteiger charge is 2.34. The molecule has 15 heavy (non-hydrogen) atoms. The Balaban J connectivity index is 2.15. The highest BCUT2D eigenvalue weighted by molar-refractivity contribution is 5.52. The minimum Gasteiger partial charge on any atom is -0.379 e. The fourth-order valence-corrected chi connectivity index (χ4v) is 2.53. The normalized spacial score (nSPS) is 24.4. The average molecular weight is 207 g/mol. The number of rotatable bonds is 2. The molecule has 0 amide bonds. The van der Waals surface area contributed by atoms with Gasteiger partial charge in [-0.05, 0) is 32.1 Å². The summed E-state index contributed by atoms with van der Waals surface area (Å²) in [6.07, 6.45) is 3.93. The van der Waals surface area contributed by atoms with Crippen molar-refractivity contribution in [1.29, 1.82) is 0 Å². The first-order valence-electron chi connectivity index (χ1n) is 5.79. The first-order chi connectivity index (χ1) is 7.00. The zero-order valence-electron chi connectivity index (χ0n) is 10.1. The van der Waals surface area contributed by atoms with E-state index in [0.717, 1.165) is 11.4 Å². The van der Waals surface area contributed by atoms with Crippen LogP contribution in [-0.2, 0) is 0 Å². The van der Waals surface area contributed by atoms with Crippen LogP contribution in [0.3, 0.4) is 0 Å². The van der Waals surface area contributed by atoms with E-state index in [1.165, 1.54) is 24.9 Å². The van der Waals surface area contributed by atoms with Gasteiger partial charge >= 0.3 is 0 Å². The second kappa shape index (κ2) is 3.54. The number of aromatic amines is 1. The number of aryl methyl sites for hydroxylation is 2. The molecule has 1 aromatic heterocycles. The molecule has 0 aliphatic heterocycles. The van der Waals surface area contributed by atoms with Crippen molar-refractivity contribution >= 4 is 5.69 Å². The summed E-state index contributed by atoms with van der Waals surface area (Å²) in [6, 6.07) is 0.590. The molecule has 1 unspecified atom stereocenters. The minimum absolute atomic E-state index is 0.413. The molecule has 0 bridgehead atoms. The third-order valence-corrected chi connectivity index (χ3v) is 3.70. The molecule has 0 aromatic carbocycles. The van der Waals surface area contributed by atoms with E-state index in [4.69, 9.17) is 0 Å². The summed E-state index contributed by atoms with van der Waals surface area (Å²) < 4.78 is 0. The van der Waals surface area contributed by atoms with Gasteiger partial charge in [0.25, 0.3) is 0 Å². The van der Waals surface area contributed by atoms with Crippen LogP contribution in [0.4, 0.5) is 5.69 Å². The summed E-state index contributed by atoms with van der Waals surface area (Å²) in [5.41, 5.74) is 3.84. The van der Waals surface area contributed by atoms with Gasteiger partial charge in [-0.15, -0.1) is 0 Å². The highest BCUT2D eigenvalue weighted by atomic mass is 15.2. The van der Waals surface area contributed by atoms with Crippen LogP contribution in [-0.4, -0.2) is 16.2 Å². The lowest BCUT2D eigenvalue weighted by atomic mass is 9.87. The lowest BCUT2D eigenvalue weighted by Gasteiger charge is -2.28. The molecule has 0 saturated heterocycles. The molecule has 1 aliphatic carbocycles. The second-order valence-corrected chi connectivity index (χ2v) is 5.39. The molecule has 2 N–H and O–H groups in total. The van der Waals surface area contributed by atoms with Crippen molar-refractivity contribution in [2.45, 2.75) is 53.0 Å². The molecule has 3 heteroatoms. The van der Waals surface area contributed by atoms with Gasteiger partial charge in [0.05, 0.1) is 17.1 Å². The van der Waals surface area contributed by atoms with Crippen molar-refractivity contribution in [3.8, 4) is 0 Å². The van der Waals surface area contributed by atoms with Gasteiger partial charge in [0, 0.05) is 6.04 Å². The van der Waals surface area contributed by atoms with Gasteiger partial charge < -0.3 is 5.32 Å². The van der Waals surface area contributed by atoms with E-state index < -0.39 is 0 Å². The lowest BCUT2D eigenvalue weighted by molar-refractivity contribution is 0.350. The predicted molar refractivity (Wildman–Crippen MR) is 63.1 cm³/mol. The van der Waals surface area contributed by atoms with Crippen LogP contribution in [0.25, 0.3) is 0 Å². The van der Waals surface area contributed by atoms with Crippen molar-refractivity contribution in [2.75, 3.05) is 5.32 Å². The van der Waals surface area contributed by atoms with Crippen LogP contribution >= 0.6 is 0 Å². The SMILES string of the molecule is Cc1n[nH]c(C)c1NC1CCCC1(C)C. The Morgan fingerprint density at radius 3 is 2.60 bits per heavy atom. The molecule has 1 atom stereocenters. The van der Waals surface area contributed by atoms with Gasteiger partial charge in [-0.25, -0.2) is 0 Å². The zero-order chi connectivity index (χ0) is 11.1. The third-order valence-electron chi connectivity index (χ3n) is 3.70. The molecular formula is C12H21N3. The van der Waals surface area contributed by atoms with Crippen LogP contribution in [0.2, 0.25) is 0 Å². The predicted octanol–water partition coefficient (Wildman–Crippen LogP) is 3.02. The van der Waals surface area contributed by atoms with Crippen molar-refractivity contribution in [1.82, 2.24) is 10.2 Å². The summed E-state index contributed by atoms with van der Waals surface area (Å²) in [5.74, 6) is 0. The van der Waals surface area contributed by atoms with Crippen molar-refractivity contribution in [2.24, 2.45) is 5.41 Å². The number of nitrogens with one attached hydrogen (secondary N) is 2. The smallest absolute Gasteiger partial charge is 0.0825 e. The van der Waals surface area contributed by atoms with Gasteiger partial charge in [0.1, 0.15) is 0 Å². The quantitative estimate of drug-likeness (QED) is 0.782. The minimum atomic E-state index is 0.413. The number of anilines is 1. The molecule has 84 valence electrons. The summed E-state index contributed by atoms with van der Waals surface area (Å²) in [7, 11) is 0. The third kappa shape index (κ3) is 1.87. The molecule has 0 spiro atoms. The van der Waals surface area contributed by atoms with E-state index >= 15 is 0 Å². The Kier molecular flexibility index (Phi) is 2.49. The van der Waals surface area contributed by atoms with Gasteiger partial charge in [0.15, 0.2) is 0 Å². The maximum absolute atomic E-state index is 4.22. The summed E-state index contributed by atoms with van der Waals surface area (Å²) in [5, 5.41) is 10.9. The number of nitrogens with zero attached hydrogens (tertiary/aromatic N) is 1. The first-order valence-corrected chi connectivity index (χ1v) is 5.79. The van der Waals surface area contributed by atoms with E-state index in [-0.39, 0.29) is 0 Å². The van der Waals surface area contributed by atoms with Gasteiger partial charge in [0.2, 0.25) is 0 Å². The van der Waals surface area contributed by atoms with Crippen molar-refractivity contribution < 1.29 is 0 Å². The molecular weight excluding hydrogens is 186 g/mol. The fraction of sp³-hybridized carbons (Fsp3) is 0.750. The molecule has 2 rings (SSSR count). The van der Waals surface area contributed by atoms with E-state index in [1.54, 1.807) is 0 Å². The van der Waals surface area contributed by atoms with E-state index in [0.29, 0.717) is 11.5 Å². The summed E-state index contributed by atoms with van der Waals surface area (Å²) >= 11 is 0. The van der Waals surface area contributed by atoms with Crippen LogP contribution in [0.15, 0.2) is 0 Å². The Morgan fingerprint density at radius 1 is 1.40 bits per heavy atom. The number of hydrogen-bond acceptors (Lipinski definition) is 2. The number of hydrogen-bond donors (Lipinski definition) is 2. The molecule has 1 aromatic rings. The molecule has 1 fully saturated rings. The first kappa shape index (κ1) is 10.5. The standard InChI is InChI=1S/C12H21N3/c1-8-11(9(2)15-14-8)13-10-6-5-7-12(10,3)4/h10,13H,5-7H2,1-4H3,(H,14,15). The van der Waals surface area contributed by atoms with Gasteiger partial charge in [-0.2, -0.15) is 5.10 Å². The highest BCUT2D eigenvalue weighted by Crippen LogP contribution is 2.39. The Bertz CT molecular complexity index is 332. The van der Waals surface area contributed by atoms with E-state index in [1.807, 2.05) is 6.92 Å². The lowest BCUT2D eigenvalue weighted by Crippen LogP contribution is -2.31. The largest absolute Gasteiger partial charge is 0.379 e. The number of H-pyrrole nitrogens is 1. The molecule has 3 nitrogen and oxygen atoms in total. The Labute approximate surface area is 91.7 Å². The van der Waals surface area contributed by atoms with Crippen molar-refractivity contribution in [3.05, 3.63) is 11.4 Å². The van der Waals surface area contributed by atoms with E-state index in [9.17, 15) is 0 Å². The number of aromatic nitrogens is 2. The Morgan fingerprint density at radius 2 is 2.13 bits per heavy atom. The van der Waals surface area contributed by atoms with Crippen LogP contribution in [0.1, 0.15) is 44.5 Å². The summed E-state index contributed by atoms with van der Waals surface area (Å²) in [4.78, 5) is 0. The second-order valence-electron chi connectivity index (χ2n) is 5.39. The summed E-state index contributed by atoms with van der Waals surface area (Å²) in [6.45, 7) is 8.82. The maximum Gasteiger partial charge on any atom is 0.0825 e. The fourth-order valence-electron chi connectivity index (χ4n) is 2.53. The van der Waals surface area contributed by atoms with Crippen LogP contribution < -0.4 is 5.32 Å².